The van der Waals surface area contributed by atoms with Crippen LogP contribution in [0.5, 0.6) is 0 Å². The molecule has 22 heavy (non-hydrogen) atoms. The summed E-state index contributed by atoms with van der Waals surface area (Å²) in [5, 5.41) is 15.8. The highest BCUT2D eigenvalue weighted by Gasteiger charge is 2.23. The molecule has 2 N–H and O–H groups in total. The number of rotatable bonds is 5. The van der Waals surface area contributed by atoms with Crippen molar-refractivity contribution in [3.63, 3.8) is 0 Å². The van der Waals surface area contributed by atoms with Gasteiger partial charge in [-0.3, -0.25) is 4.79 Å². The number of carboxylic acids is 1. The second-order valence-corrected chi connectivity index (χ2v) is 5.46. The van der Waals surface area contributed by atoms with Crippen molar-refractivity contribution >= 4 is 11.9 Å². The van der Waals surface area contributed by atoms with Gasteiger partial charge < -0.3 is 10.4 Å². The van der Waals surface area contributed by atoms with Gasteiger partial charge in [-0.25, -0.2) is 9.48 Å². The molecule has 1 heterocycles. The third kappa shape index (κ3) is 3.33. The average Bonchev–Trinajstić information content (AvgIpc) is 2.90. The minimum Gasteiger partial charge on any atom is -0.480 e. The Morgan fingerprint density at radius 3 is 2.27 bits per heavy atom. The first-order chi connectivity index (χ1) is 10.4. The Morgan fingerprint density at radius 2 is 1.82 bits per heavy atom. The lowest BCUT2D eigenvalue weighted by molar-refractivity contribution is -0.140. The molecule has 1 aromatic heterocycles. The highest BCUT2D eigenvalue weighted by atomic mass is 16.4. The van der Waals surface area contributed by atoms with Gasteiger partial charge in [0, 0.05) is 17.5 Å². The van der Waals surface area contributed by atoms with Crippen LogP contribution in [0.25, 0.3) is 5.69 Å². The zero-order valence-electron chi connectivity index (χ0n) is 12.8. The molecular formula is C16H19N3O3. The normalized spacial score (nSPS) is 12.2. The Balaban J connectivity index is 2.15. The first-order valence-corrected chi connectivity index (χ1v) is 7.05. The molecule has 0 radical (unpaired) electrons. The fourth-order valence-corrected chi connectivity index (χ4v) is 2.13. The molecule has 0 bridgehead atoms. The van der Waals surface area contributed by atoms with Crippen LogP contribution in [0, 0.1) is 12.8 Å². The predicted molar refractivity (Wildman–Crippen MR) is 82.0 cm³/mol. The molecule has 0 spiro atoms. The molecule has 6 nitrogen and oxygen atoms in total. The summed E-state index contributed by atoms with van der Waals surface area (Å²) < 4.78 is 1.76. The van der Waals surface area contributed by atoms with Gasteiger partial charge in [0.15, 0.2) is 0 Å². The largest absolute Gasteiger partial charge is 0.480 e. The van der Waals surface area contributed by atoms with Gasteiger partial charge in [0.25, 0.3) is 5.91 Å². The van der Waals surface area contributed by atoms with E-state index in [0.29, 0.717) is 5.56 Å². The van der Waals surface area contributed by atoms with Crippen LogP contribution < -0.4 is 5.32 Å². The van der Waals surface area contributed by atoms with Gasteiger partial charge in [-0.2, -0.15) is 5.10 Å². The highest BCUT2D eigenvalue weighted by Crippen LogP contribution is 2.12. The van der Waals surface area contributed by atoms with Crippen LogP contribution >= 0.6 is 0 Å². The molecule has 1 atom stereocenters. The van der Waals surface area contributed by atoms with E-state index in [0.717, 1.165) is 11.4 Å². The summed E-state index contributed by atoms with van der Waals surface area (Å²) in [5.41, 5.74) is 2.25. The van der Waals surface area contributed by atoms with Gasteiger partial charge in [-0.05, 0) is 43.2 Å². The number of nitrogens with one attached hydrogen (secondary N) is 1. The van der Waals surface area contributed by atoms with Crippen LogP contribution in [0.1, 0.15) is 29.9 Å². The molecule has 0 saturated carbocycles. The lowest BCUT2D eigenvalue weighted by Crippen LogP contribution is -2.44. The summed E-state index contributed by atoms with van der Waals surface area (Å²) >= 11 is 0. The van der Waals surface area contributed by atoms with Gasteiger partial charge >= 0.3 is 5.97 Å². The zero-order valence-corrected chi connectivity index (χ0v) is 12.8. The fraction of sp³-hybridized carbons (Fsp3) is 0.312. The standard InChI is InChI=1S/C16H19N3O3/c1-10(2)14(16(21)22)18-15(20)12-4-6-13(7-5-12)19-11(3)8-9-17-19/h4-10,14H,1-3H3,(H,18,20)(H,21,22)/t14-/m1/s1. The van der Waals surface area contributed by atoms with E-state index < -0.39 is 17.9 Å². The van der Waals surface area contributed by atoms with Crippen LogP contribution in [0.15, 0.2) is 36.5 Å². The number of aryl methyl sites for hydroxylation is 1. The first-order valence-electron chi connectivity index (χ1n) is 7.05. The lowest BCUT2D eigenvalue weighted by atomic mass is 10.0. The molecule has 6 heteroatoms. The van der Waals surface area contributed by atoms with Gasteiger partial charge in [0.05, 0.1) is 5.69 Å². The van der Waals surface area contributed by atoms with E-state index in [-0.39, 0.29) is 5.92 Å². The van der Waals surface area contributed by atoms with E-state index in [2.05, 4.69) is 10.4 Å². The summed E-state index contributed by atoms with van der Waals surface area (Å²) in [4.78, 5) is 23.3. The maximum atomic E-state index is 12.1. The number of carbonyl (C=O) groups is 2. The monoisotopic (exact) mass is 301 g/mol. The van der Waals surface area contributed by atoms with Crippen LogP contribution in [0.4, 0.5) is 0 Å². The number of nitrogens with zero attached hydrogens (tertiary/aromatic N) is 2. The van der Waals surface area contributed by atoms with Crippen LogP contribution in [0.2, 0.25) is 0 Å². The Labute approximate surface area is 128 Å². The first kappa shape index (κ1) is 15.8. The van der Waals surface area contributed by atoms with E-state index in [4.69, 9.17) is 5.11 Å². The Hall–Kier alpha value is -2.63. The molecule has 116 valence electrons. The minimum atomic E-state index is -1.04. The summed E-state index contributed by atoms with van der Waals surface area (Å²) in [6, 6.07) is 7.86. The Morgan fingerprint density at radius 1 is 1.18 bits per heavy atom. The van der Waals surface area contributed by atoms with Crippen molar-refractivity contribution in [2.75, 3.05) is 0 Å². The summed E-state index contributed by atoms with van der Waals surface area (Å²) in [5.74, 6) is -1.62. The highest BCUT2D eigenvalue weighted by molar-refractivity contribution is 5.96. The van der Waals surface area contributed by atoms with Crippen molar-refractivity contribution in [2.45, 2.75) is 26.8 Å². The van der Waals surface area contributed by atoms with Crippen molar-refractivity contribution in [1.29, 1.82) is 0 Å². The zero-order chi connectivity index (χ0) is 16.3. The Kier molecular flexibility index (Phi) is 4.60. The molecule has 1 amide bonds. The number of hydrogen-bond donors (Lipinski definition) is 2. The predicted octanol–water partition coefficient (Wildman–Crippen LogP) is 2.02. The van der Waals surface area contributed by atoms with E-state index in [1.54, 1.807) is 49.0 Å². The molecule has 2 rings (SSSR count). The number of aliphatic carboxylic acids is 1. The molecule has 1 aromatic carbocycles. The van der Waals surface area contributed by atoms with Gasteiger partial charge in [0.2, 0.25) is 0 Å². The summed E-state index contributed by atoms with van der Waals surface area (Å²) in [6.07, 6.45) is 1.70. The second-order valence-electron chi connectivity index (χ2n) is 5.46. The Bertz CT molecular complexity index is 674. The molecule has 2 aromatic rings. The quantitative estimate of drug-likeness (QED) is 0.885. The number of carboxylic acid groups (broad SMARTS) is 1. The molecule has 0 aliphatic rings. The van der Waals surface area contributed by atoms with Crippen molar-refractivity contribution < 1.29 is 14.7 Å². The lowest BCUT2D eigenvalue weighted by Gasteiger charge is -2.18. The van der Waals surface area contributed by atoms with Gasteiger partial charge in [0.1, 0.15) is 6.04 Å². The average molecular weight is 301 g/mol. The third-order valence-corrected chi connectivity index (χ3v) is 3.43. The van der Waals surface area contributed by atoms with E-state index >= 15 is 0 Å². The maximum Gasteiger partial charge on any atom is 0.326 e. The molecule has 0 unspecified atom stereocenters. The van der Waals surface area contributed by atoms with Crippen molar-refractivity contribution in [2.24, 2.45) is 5.92 Å². The third-order valence-electron chi connectivity index (χ3n) is 3.43. The number of hydrogen-bond acceptors (Lipinski definition) is 3. The number of aromatic nitrogens is 2. The van der Waals surface area contributed by atoms with E-state index in [1.807, 2.05) is 13.0 Å². The number of amides is 1. The van der Waals surface area contributed by atoms with Gasteiger partial charge in [-0.1, -0.05) is 13.8 Å². The van der Waals surface area contributed by atoms with E-state index in [1.165, 1.54) is 0 Å². The summed E-state index contributed by atoms with van der Waals surface area (Å²) in [6.45, 7) is 5.44. The molecule has 0 aliphatic heterocycles. The fourth-order valence-electron chi connectivity index (χ4n) is 2.13. The molecule has 0 aliphatic carbocycles. The van der Waals surface area contributed by atoms with Gasteiger partial charge in [-0.15, -0.1) is 0 Å². The van der Waals surface area contributed by atoms with E-state index in [9.17, 15) is 9.59 Å². The van der Waals surface area contributed by atoms with Crippen molar-refractivity contribution in [3.05, 3.63) is 47.8 Å². The van der Waals surface area contributed by atoms with Crippen molar-refractivity contribution in [1.82, 2.24) is 15.1 Å². The minimum absolute atomic E-state index is 0.188. The number of carbonyl (C=O) groups excluding carboxylic acids is 1. The molecule has 0 saturated heterocycles. The van der Waals surface area contributed by atoms with Crippen molar-refractivity contribution in [3.8, 4) is 5.69 Å². The van der Waals surface area contributed by atoms with Crippen LogP contribution in [-0.4, -0.2) is 32.8 Å². The number of benzene rings is 1. The van der Waals surface area contributed by atoms with Crippen LogP contribution in [-0.2, 0) is 4.79 Å². The molecular weight excluding hydrogens is 282 g/mol. The second kappa shape index (κ2) is 6.43. The van der Waals surface area contributed by atoms with Crippen LogP contribution in [0.3, 0.4) is 0 Å². The smallest absolute Gasteiger partial charge is 0.326 e. The summed E-state index contributed by atoms with van der Waals surface area (Å²) in [7, 11) is 0. The maximum absolute atomic E-state index is 12.1. The topological polar surface area (TPSA) is 84.2 Å². The molecule has 0 fully saturated rings. The SMILES string of the molecule is Cc1ccnn1-c1ccc(C(=O)N[C@@H](C(=O)O)C(C)C)cc1.